The predicted octanol–water partition coefficient (Wildman–Crippen LogP) is 3.08. The molecule has 5 nitrogen and oxygen atoms in total. The molecule has 1 unspecified atom stereocenters. The van der Waals surface area contributed by atoms with Gasteiger partial charge in [0, 0.05) is 25.7 Å². The third kappa shape index (κ3) is 7.10. The highest BCUT2D eigenvalue weighted by molar-refractivity contribution is 5.79. The highest BCUT2D eigenvalue weighted by Gasteiger charge is 2.24. The Kier molecular flexibility index (Phi) is 9.11. The van der Waals surface area contributed by atoms with E-state index in [0.717, 1.165) is 32.1 Å². The standard InChI is InChI=1S/C23H39N5/c1-2-24-23(25-14-6-7-15-27-16-8-9-17-27)26-19-22-13-10-18-28(22)20-21-11-4-3-5-12-21/h3-5,11-12,22H,2,6-10,13-20H2,1H3,(H2,24,25,26). The Labute approximate surface area is 171 Å². The fourth-order valence-corrected chi connectivity index (χ4v) is 4.34. The van der Waals surface area contributed by atoms with Gasteiger partial charge in [-0.25, -0.2) is 0 Å². The lowest BCUT2D eigenvalue weighted by atomic mass is 10.2. The van der Waals surface area contributed by atoms with Crippen LogP contribution in [0.5, 0.6) is 0 Å². The minimum atomic E-state index is 0.561. The molecular weight excluding hydrogens is 346 g/mol. The molecule has 2 saturated heterocycles. The molecule has 5 heteroatoms. The molecule has 0 saturated carbocycles. The smallest absolute Gasteiger partial charge is 0.191 e. The Bertz CT molecular complexity index is 568. The van der Waals surface area contributed by atoms with E-state index in [1.807, 2.05) is 0 Å². The molecule has 2 aliphatic rings. The summed E-state index contributed by atoms with van der Waals surface area (Å²) in [5.74, 6) is 0.982. The van der Waals surface area contributed by atoms with Gasteiger partial charge in [-0.15, -0.1) is 0 Å². The van der Waals surface area contributed by atoms with Gasteiger partial charge in [0.15, 0.2) is 5.96 Å². The number of guanidine groups is 1. The molecular formula is C23H39N5. The van der Waals surface area contributed by atoms with Gasteiger partial charge in [-0.05, 0) is 77.2 Å². The SMILES string of the molecule is CCNC(=NCC1CCCN1Cc1ccccc1)NCCCCN1CCCC1. The molecule has 0 bridgehead atoms. The molecule has 1 aromatic carbocycles. The van der Waals surface area contributed by atoms with Gasteiger partial charge < -0.3 is 15.5 Å². The molecule has 3 rings (SSSR count). The molecule has 0 aromatic heterocycles. The topological polar surface area (TPSA) is 42.9 Å². The monoisotopic (exact) mass is 385 g/mol. The van der Waals surface area contributed by atoms with Crippen molar-refractivity contribution in [2.75, 3.05) is 45.8 Å². The number of nitrogens with one attached hydrogen (secondary N) is 2. The van der Waals surface area contributed by atoms with Crippen LogP contribution in [0.3, 0.4) is 0 Å². The Morgan fingerprint density at radius 3 is 2.64 bits per heavy atom. The van der Waals surface area contributed by atoms with Crippen molar-refractivity contribution in [3.63, 3.8) is 0 Å². The van der Waals surface area contributed by atoms with E-state index >= 15 is 0 Å². The molecule has 1 aromatic rings. The Hall–Kier alpha value is -1.59. The van der Waals surface area contributed by atoms with Crippen molar-refractivity contribution in [1.29, 1.82) is 0 Å². The summed E-state index contributed by atoms with van der Waals surface area (Å²) >= 11 is 0. The van der Waals surface area contributed by atoms with Crippen LogP contribution in [0.4, 0.5) is 0 Å². The predicted molar refractivity (Wildman–Crippen MR) is 119 cm³/mol. The van der Waals surface area contributed by atoms with Crippen molar-refractivity contribution in [2.45, 2.75) is 58.0 Å². The van der Waals surface area contributed by atoms with E-state index in [1.54, 1.807) is 0 Å². The van der Waals surface area contributed by atoms with Crippen LogP contribution in [-0.4, -0.2) is 67.6 Å². The molecule has 2 N–H and O–H groups in total. The zero-order valence-corrected chi connectivity index (χ0v) is 17.7. The van der Waals surface area contributed by atoms with Crippen LogP contribution in [0.2, 0.25) is 0 Å². The number of rotatable bonds is 10. The van der Waals surface area contributed by atoms with Gasteiger partial charge in [0.05, 0.1) is 6.54 Å². The highest BCUT2D eigenvalue weighted by Crippen LogP contribution is 2.20. The quantitative estimate of drug-likeness (QED) is 0.369. The number of hydrogen-bond acceptors (Lipinski definition) is 3. The summed E-state index contributed by atoms with van der Waals surface area (Å²) in [6, 6.07) is 11.4. The van der Waals surface area contributed by atoms with Gasteiger partial charge in [-0.2, -0.15) is 0 Å². The molecule has 28 heavy (non-hydrogen) atoms. The van der Waals surface area contributed by atoms with Gasteiger partial charge in [-0.3, -0.25) is 9.89 Å². The number of nitrogens with zero attached hydrogens (tertiary/aromatic N) is 3. The van der Waals surface area contributed by atoms with Crippen LogP contribution >= 0.6 is 0 Å². The molecule has 0 aliphatic carbocycles. The van der Waals surface area contributed by atoms with E-state index in [2.05, 4.69) is 57.7 Å². The van der Waals surface area contributed by atoms with Crippen LogP contribution in [0, 0.1) is 0 Å². The van der Waals surface area contributed by atoms with Crippen LogP contribution in [0.25, 0.3) is 0 Å². The van der Waals surface area contributed by atoms with Crippen molar-refractivity contribution < 1.29 is 0 Å². The lowest BCUT2D eigenvalue weighted by Crippen LogP contribution is -2.39. The van der Waals surface area contributed by atoms with Gasteiger partial charge in [0.2, 0.25) is 0 Å². The van der Waals surface area contributed by atoms with E-state index in [1.165, 1.54) is 70.3 Å². The first-order valence-electron chi connectivity index (χ1n) is 11.4. The number of likely N-dealkylation sites (tertiary alicyclic amines) is 2. The van der Waals surface area contributed by atoms with Gasteiger partial charge in [-0.1, -0.05) is 30.3 Å². The summed E-state index contributed by atoms with van der Waals surface area (Å²) < 4.78 is 0. The van der Waals surface area contributed by atoms with Crippen molar-refractivity contribution in [3.05, 3.63) is 35.9 Å². The van der Waals surface area contributed by atoms with Crippen LogP contribution < -0.4 is 10.6 Å². The Morgan fingerprint density at radius 2 is 1.86 bits per heavy atom. The maximum Gasteiger partial charge on any atom is 0.191 e. The summed E-state index contributed by atoms with van der Waals surface area (Å²) in [5, 5.41) is 6.95. The second-order valence-electron chi connectivity index (χ2n) is 8.15. The summed E-state index contributed by atoms with van der Waals surface area (Å²) in [6.07, 6.45) is 7.80. The van der Waals surface area contributed by atoms with E-state index < -0.39 is 0 Å². The highest BCUT2D eigenvalue weighted by atomic mass is 15.2. The number of unbranched alkanes of at least 4 members (excludes halogenated alkanes) is 1. The van der Waals surface area contributed by atoms with Gasteiger partial charge in [0.25, 0.3) is 0 Å². The largest absolute Gasteiger partial charge is 0.357 e. The lowest BCUT2D eigenvalue weighted by molar-refractivity contribution is 0.250. The first kappa shape index (κ1) is 21.1. The van der Waals surface area contributed by atoms with Crippen LogP contribution in [0.15, 0.2) is 35.3 Å². The summed E-state index contributed by atoms with van der Waals surface area (Å²) in [4.78, 5) is 10.1. The van der Waals surface area contributed by atoms with Crippen molar-refractivity contribution >= 4 is 5.96 Å². The molecule has 2 heterocycles. The molecule has 156 valence electrons. The van der Waals surface area contributed by atoms with E-state index in [0.29, 0.717) is 6.04 Å². The summed E-state index contributed by atoms with van der Waals surface area (Å²) in [5.41, 5.74) is 1.40. The van der Waals surface area contributed by atoms with E-state index in [9.17, 15) is 0 Å². The first-order chi connectivity index (χ1) is 13.8. The van der Waals surface area contributed by atoms with E-state index in [4.69, 9.17) is 4.99 Å². The van der Waals surface area contributed by atoms with Crippen molar-refractivity contribution in [1.82, 2.24) is 20.4 Å². The lowest BCUT2D eigenvalue weighted by Gasteiger charge is -2.23. The maximum atomic E-state index is 4.90. The minimum absolute atomic E-state index is 0.561. The normalized spacial score (nSPS) is 21.3. The number of hydrogen-bond donors (Lipinski definition) is 2. The second kappa shape index (κ2) is 12.1. The van der Waals surface area contributed by atoms with Crippen LogP contribution in [-0.2, 0) is 6.54 Å². The van der Waals surface area contributed by atoms with Gasteiger partial charge in [0.1, 0.15) is 0 Å². The third-order valence-corrected chi connectivity index (χ3v) is 5.92. The maximum absolute atomic E-state index is 4.90. The van der Waals surface area contributed by atoms with Crippen LogP contribution in [0.1, 0.15) is 51.0 Å². The second-order valence-corrected chi connectivity index (χ2v) is 8.15. The first-order valence-corrected chi connectivity index (χ1v) is 11.4. The Morgan fingerprint density at radius 1 is 1.04 bits per heavy atom. The number of benzene rings is 1. The molecule has 0 spiro atoms. The van der Waals surface area contributed by atoms with Crippen molar-refractivity contribution in [3.8, 4) is 0 Å². The fourth-order valence-electron chi connectivity index (χ4n) is 4.34. The van der Waals surface area contributed by atoms with Gasteiger partial charge >= 0.3 is 0 Å². The Balaban J connectivity index is 1.39. The molecule has 2 aliphatic heterocycles. The zero-order valence-electron chi connectivity index (χ0n) is 17.7. The van der Waals surface area contributed by atoms with Crippen molar-refractivity contribution in [2.24, 2.45) is 4.99 Å². The molecule has 0 amide bonds. The molecule has 1 atom stereocenters. The zero-order chi connectivity index (χ0) is 19.4. The number of aliphatic imine (C=N–C) groups is 1. The summed E-state index contributed by atoms with van der Waals surface area (Å²) in [6.45, 7) is 11.0. The minimum Gasteiger partial charge on any atom is -0.357 e. The summed E-state index contributed by atoms with van der Waals surface area (Å²) in [7, 11) is 0. The molecule has 0 radical (unpaired) electrons. The average Bonchev–Trinajstić information content (AvgIpc) is 3.39. The van der Waals surface area contributed by atoms with E-state index in [-0.39, 0.29) is 0 Å². The third-order valence-electron chi connectivity index (χ3n) is 5.92. The average molecular weight is 386 g/mol. The fraction of sp³-hybridized carbons (Fsp3) is 0.696. The molecule has 2 fully saturated rings.